The predicted octanol–water partition coefficient (Wildman–Crippen LogP) is 3.49. The molecule has 0 aliphatic rings. The fraction of sp³-hybridized carbons (Fsp3) is 0.333. The van der Waals surface area contributed by atoms with Gasteiger partial charge in [-0.3, -0.25) is 0 Å². The first-order valence-corrected chi connectivity index (χ1v) is 9.64. The van der Waals surface area contributed by atoms with Gasteiger partial charge >= 0.3 is 0 Å². The van der Waals surface area contributed by atoms with Crippen LogP contribution < -0.4 is 0 Å². The zero-order valence-electron chi connectivity index (χ0n) is 11.8. The Labute approximate surface area is 135 Å². The monoisotopic (exact) mass is 343 g/mol. The van der Waals surface area contributed by atoms with Crippen molar-refractivity contribution in [2.75, 3.05) is 13.6 Å². The average Bonchev–Trinajstić information content (AvgIpc) is 2.97. The normalized spacial score (nSPS) is 12.0. The number of halogens is 1. The van der Waals surface area contributed by atoms with E-state index in [4.69, 9.17) is 11.6 Å². The smallest absolute Gasteiger partial charge is 0.212 e. The van der Waals surface area contributed by atoms with Crippen molar-refractivity contribution in [2.45, 2.75) is 18.1 Å². The second-order valence-electron chi connectivity index (χ2n) is 4.86. The van der Waals surface area contributed by atoms with Crippen LogP contribution in [0.3, 0.4) is 0 Å². The first kappa shape index (κ1) is 16.5. The van der Waals surface area contributed by atoms with Crippen molar-refractivity contribution in [1.29, 1.82) is 0 Å². The second-order valence-corrected chi connectivity index (χ2v) is 8.24. The van der Waals surface area contributed by atoms with Crippen LogP contribution in [-0.4, -0.2) is 26.3 Å². The minimum atomic E-state index is -3.30. The number of hydrogen-bond acceptors (Lipinski definition) is 3. The molecule has 0 radical (unpaired) electrons. The van der Waals surface area contributed by atoms with Crippen molar-refractivity contribution in [2.24, 2.45) is 0 Å². The van der Waals surface area contributed by atoms with Gasteiger partial charge in [-0.2, -0.15) is 0 Å². The van der Waals surface area contributed by atoms with Crippen LogP contribution in [0.2, 0.25) is 0 Å². The number of benzene rings is 1. The maximum atomic E-state index is 12.4. The Morgan fingerprint density at radius 1 is 1.19 bits per heavy atom. The van der Waals surface area contributed by atoms with Crippen molar-refractivity contribution in [1.82, 2.24) is 4.31 Å². The Balaban J connectivity index is 1.99. The highest BCUT2D eigenvalue weighted by Crippen LogP contribution is 2.15. The summed E-state index contributed by atoms with van der Waals surface area (Å²) >= 11 is 7.43. The lowest BCUT2D eigenvalue weighted by Crippen LogP contribution is -2.30. The summed E-state index contributed by atoms with van der Waals surface area (Å²) < 4.78 is 26.1. The molecule has 1 heterocycles. The molecular formula is C15H18ClNO2S2. The second kappa shape index (κ2) is 7.40. The molecule has 0 fully saturated rings. The van der Waals surface area contributed by atoms with Gasteiger partial charge in [0.25, 0.3) is 0 Å². The molecule has 0 bridgehead atoms. The van der Waals surface area contributed by atoms with Crippen LogP contribution in [0.25, 0.3) is 0 Å². The Hall–Kier alpha value is -0.880. The van der Waals surface area contributed by atoms with Gasteiger partial charge in [0.15, 0.2) is 0 Å². The van der Waals surface area contributed by atoms with E-state index >= 15 is 0 Å². The molecule has 2 rings (SSSR count). The van der Waals surface area contributed by atoms with Crippen LogP contribution in [0.15, 0.2) is 41.8 Å². The Morgan fingerprint density at radius 3 is 2.62 bits per heavy atom. The molecule has 1 aromatic carbocycles. The minimum absolute atomic E-state index is 0.0126. The van der Waals surface area contributed by atoms with Crippen LogP contribution in [0.1, 0.15) is 16.0 Å². The molecule has 0 atom stereocenters. The Bertz CT molecular complexity index is 669. The van der Waals surface area contributed by atoms with Gasteiger partial charge in [0.2, 0.25) is 10.0 Å². The SMILES string of the molecule is CN(CCc1cccs1)S(=O)(=O)Cc1cccc(CCl)c1. The van der Waals surface area contributed by atoms with Gasteiger partial charge in [0.1, 0.15) is 0 Å². The van der Waals surface area contributed by atoms with Gasteiger partial charge in [0, 0.05) is 24.3 Å². The first-order chi connectivity index (χ1) is 10.0. The highest BCUT2D eigenvalue weighted by molar-refractivity contribution is 7.88. The molecule has 0 saturated heterocycles. The van der Waals surface area contributed by atoms with Crippen LogP contribution in [0.4, 0.5) is 0 Å². The van der Waals surface area contributed by atoms with Gasteiger partial charge in [-0.25, -0.2) is 12.7 Å². The van der Waals surface area contributed by atoms with Gasteiger partial charge in [-0.1, -0.05) is 30.3 Å². The van der Waals surface area contributed by atoms with E-state index in [1.807, 2.05) is 41.8 Å². The molecule has 0 spiro atoms. The van der Waals surface area contributed by atoms with Gasteiger partial charge in [-0.15, -0.1) is 22.9 Å². The van der Waals surface area contributed by atoms with Gasteiger partial charge in [-0.05, 0) is 29.0 Å². The summed E-state index contributed by atoms with van der Waals surface area (Å²) in [6, 6.07) is 11.4. The third-order valence-corrected chi connectivity index (χ3v) is 6.30. The standard InChI is InChI=1S/C15H18ClNO2S2/c1-17(8-7-15-6-3-9-20-15)21(18,19)12-14-5-2-4-13(10-14)11-16/h2-6,9-10H,7-8,11-12H2,1H3. The van der Waals surface area contributed by atoms with E-state index in [0.717, 1.165) is 17.5 Å². The molecular weight excluding hydrogens is 326 g/mol. The van der Waals surface area contributed by atoms with Crippen LogP contribution in [0, 0.1) is 0 Å². The molecule has 1 aromatic heterocycles. The van der Waals surface area contributed by atoms with E-state index < -0.39 is 10.0 Å². The molecule has 0 N–H and O–H groups in total. The number of likely N-dealkylation sites (N-methyl/N-ethyl adjacent to an activating group) is 1. The van der Waals surface area contributed by atoms with E-state index in [0.29, 0.717) is 12.4 Å². The van der Waals surface area contributed by atoms with Crippen LogP contribution >= 0.6 is 22.9 Å². The summed E-state index contributed by atoms with van der Waals surface area (Å²) in [4.78, 5) is 1.20. The summed E-state index contributed by atoms with van der Waals surface area (Å²) in [5.41, 5.74) is 1.71. The maximum absolute atomic E-state index is 12.4. The van der Waals surface area contributed by atoms with E-state index in [-0.39, 0.29) is 5.75 Å². The molecule has 0 unspecified atom stereocenters. The van der Waals surface area contributed by atoms with Gasteiger partial charge < -0.3 is 0 Å². The Morgan fingerprint density at radius 2 is 1.95 bits per heavy atom. The lowest BCUT2D eigenvalue weighted by atomic mass is 10.2. The maximum Gasteiger partial charge on any atom is 0.218 e. The molecule has 2 aromatic rings. The van der Waals surface area contributed by atoms with Crippen molar-refractivity contribution in [3.05, 3.63) is 57.8 Å². The molecule has 6 heteroatoms. The summed E-state index contributed by atoms with van der Waals surface area (Å²) in [5.74, 6) is 0.404. The molecule has 0 saturated carbocycles. The summed E-state index contributed by atoms with van der Waals surface area (Å²) in [7, 11) is -1.66. The van der Waals surface area contributed by atoms with E-state index in [9.17, 15) is 8.42 Å². The summed E-state index contributed by atoms with van der Waals surface area (Å²) in [6.45, 7) is 0.498. The number of alkyl halides is 1. The molecule has 0 amide bonds. The first-order valence-electron chi connectivity index (χ1n) is 6.61. The lowest BCUT2D eigenvalue weighted by Gasteiger charge is -2.17. The predicted molar refractivity (Wildman–Crippen MR) is 89.3 cm³/mol. The topological polar surface area (TPSA) is 37.4 Å². The summed E-state index contributed by atoms with van der Waals surface area (Å²) in [6.07, 6.45) is 0.745. The number of hydrogen-bond donors (Lipinski definition) is 0. The van der Waals surface area contributed by atoms with E-state index in [2.05, 4.69) is 0 Å². The molecule has 3 nitrogen and oxygen atoms in total. The van der Waals surface area contributed by atoms with Gasteiger partial charge in [0.05, 0.1) is 5.75 Å². The third-order valence-electron chi connectivity index (χ3n) is 3.22. The number of rotatable bonds is 7. The number of nitrogens with zero attached hydrogens (tertiary/aromatic N) is 1. The van der Waals surface area contributed by atoms with E-state index in [1.54, 1.807) is 18.4 Å². The molecule has 0 aliphatic heterocycles. The van der Waals surface area contributed by atoms with E-state index in [1.165, 1.54) is 9.18 Å². The fourth-order valence-corrected chi connectivity index (χ4v) is 4.04. The van der Waals surface area contributed by atoms with Crippen molar-refractivity contribution in [3.63, 3.8) is 0 Å². The van der Waals surface area contributed by atoms with Crippen molar-refractivity contribution >= 4 is 33.0 Å². The average molecular weight is 344 g/mol. The number of sulfonamides is 1. The number of thiophene rings is 1. The minimum Gasteiger partial charge on any atom is -0.212 e. The quantitative estimate of drug-likeness (QED) is 0.722. The largest absolute Gasteiger partial charge is 0.218 e. The van der Waals surface area contributed by atoms with Crippen LogP contribution in [-0.2, 0) is 28.1 Å². The molecule has 0 aliphatic carbocycles. The van der Waals surface area contributed by atoms with Crippen molar-refractivity contribution < 1.29 is 8.42 Å². The van der Waals surface area contributed by atoms with Crippen molar-refractivity contribution in [3.8, 4) is 0 Å². The fourth-order valence-electron chi connectivity index (χ4n) is 1.98. The molecule has 114 valence electrons. The lowest BCUT2D eigenvalue weighted by molar-refractivity contribution is 0.472. The molecule has 21 heavy (non-hydrogen) atoms. The Kier molecular flexibility index (Phi) is 5.81. The zero-order chi connectivity index (χ0) is 15.3. The summed E-state index contributed by atoms with van der Waals surface area (Å²) in [5, 5.41) is 2.00. The van der Waals surface area contributed by atoms with Crippen LogP contribution in [0.5, 0.6) is 0 Å². The zero-order valence-corrected chi connectivity index (χ0v) is 14.2. The highest BCUT2D eigenvalue weighted by atomic mass is 35.5. The third kappa shape index (κ3) is 4.81. The highest BCUT2D eigenvalue weighted by Gasteiger charge is 2.18.